The van der Waals surface area contributed by atoms with Crippen molar-refractivity contribution in [1.29, 1.82) is 0 Å². The zero-order chi connectivity index (χ0) is 30.3. The molecule has 0 radical (unpaired) electrons. The largest absolute Gasteiger partial charge is 0.452 e. The molecule has 0 saturated carbocycles. The minimum absolute atomic E-state index is 0.630. The maximum Gasteiger partial charge on any atom is 0.245 e. The minimum Gasteiger partial charge on any atom is -0.452 e. The maximum atomic E-state index is 7.55. The van der Waals surface area contributed by atoms with Gasteiger partial charge in [-0.05, 0) is 66.0 Å². The molecule has 5 nitrogen and oxygen atoms in total. The Morgan fingerprint density at radius 3 is 1.69 bits per heavy atom. The van der Waals surface area contributed by atoms with Gasteiger partial charge in [-0.15, -0.1) is 0 Å². The SMILES string of the molecule is [C-]#[N+]c1ccc2c(c1)c1ccccc1n2-c1ccc2c(c1)OC(C)(C)Oc1ccc(-n3c4ccccc4c4ccccc43)cc1-2. The summed E-state index contributed by atoms with van der Waals surface area (Å²) < 4.78 is 17.7. The Morgan fingerprint density at radius 1 is 0.511 bits per heavy atom. The molecule has 0 aliphatic carbocycles. The number of fused-ring (bicyclic) bond motifs is 9. The second-order valence-corrected chi connectivity index (χ2v) is 12.0. The van der Waals surface area contributed by atoms with Gasteiger partial charge < -0.3 is 18.6 Å². The molecule has 0 amide bonds. The Balaban J connectivity index is 1.27. The molecule has 0 bridgehead atoms. The summed E-state index contributed by atoms with van der Waals surface area (Å²) >= 11 is 0. The lowest BCUT2D eigenvalue weighted by molar-refractivity contribution is -0.0778. The summed E-state index contributed by atoms with van der Waals surface area (Å²) in [6, 6.07) is 44.1. The zero-order valence-electron chi connectivity index (χ0n) is 24.8. The molecular formula is C40H27N3O2. The predicted molar refractivity (Wildman–Crippen MR) is 182 cm³/mol. The van der Waals surface area contributed by atoms with Gasteiger partial charge in [-0.1, -0.05) is 60.7 Å². The number of benzene rings is 6. The van der Waals surface area contributed by atoms with Gasteiger partial charge in [-0.25, -0.2) is 4.85 Å². The van der Waals surface area contributed by atoms with Crippen LogP contribution in [0.15, 0.2) is 127 Å². The molecular weight excluding hydrogens is 554 g/mol. The average Bonchev–Trinajstić information content (AvgIpc) is 3.53. The number of para-hydroxylation sites is 3. The van der Waals surface area contributed by atoms with Gasteiger partial charge in [0.15, 0.2) is 5.69 Å². The van der Waals surface area contributed by atoms with Crippen LogP contribution in [0.25, 0.3) is 71.0 Å². The lowest BCUT2D eigenvalue weighted by Crippen LogP contribution is -2.34. The number of nitrogens with zero attached hydrogens (tertiary/aromatic N) is 3. The summed E-state index contributed by atoms with van der Waals surface area (Å²) in [4.78, 5) is 3.68. The van der Waals surface area contributed by atoms with Crippen molar-refractivity contribution in [3.63, 3.8) is 0 Å². The second kappa shape index (κ2) is 9.25. The summed E-state index contributed by atoms with van der Waals surface area (Å²) in [6.45, 7) is 11.4. The first-order chi connectivity index (χ1) is 22.0. The van der Waals surface area contributed by atoms with Crippen LogP contribution < -0.4 is 9.47 Å². The number of ether oxygens (including phenoxy) is 2. The first-order valence-electron chi connectivity index (χ1n) is 15.1. The molecule has 0 unspecified atom stereocenters. The fourth-order valence-electron chi connectivity index (χ4n) is 6.97. The summed E-state index contributed by atoms with van der Waals surface area (Å²) in [5, 5.41) is 4.62. The molecule has 8 aromatic rings. The number of hydrogen-bond acceptors (Lipinski definition) is 2. The van der Waals surface area contributed by atoms with Crippen molar-refractivity contribution in [2.75, 3.05) is 0 Å². The highest BCUT2D eigenvalue weighted by Crippen LogP contribution is 2.46. The summed E-state index contributed by atoms with van der Waals surface area (Å²) in [6.07, 6.45) is 0. The molecule has 6 aromatic carbocycles. The molecule has 0 N–H and O–H groups in total. The quantitative estimate of drug-likeness (QED) is 0.190. The van der Waals surface area contributed by atoms with Crippen LogP contribution in [-0.2, 0) is 0 Å². The van der Waals surface area contributed by atoms with Gasteiger partial charge in [0, 0.05) is 58.6 Å². The van der Waals surface area contributed by atoms with Gasteiger partial charge in [0.1, 0.15) is 11.5 Å². The van der Waals surface area contributed by atoms with Crippen molar-refractivity contribution in [3.05, 3.63) is 139 Å². The molecule has 0 saturated heterocycles. The van der Waals surface area contributed by atoms with Crippen LogP contribution in [0.4, 0.5) is 5.69 Å². The van der Waals surface area contributed by atoms with E-state index in [1.165, 1.54) is 10.8 Å². The van der Waals surface area contributed by atoms with Crippen molar-refractivity contribution in [2.24, 2.45) is 0 Å². The van der Waals surface area contributed by atoms with E-state index >= 15 is 0 Å². The van der Waals surface area contributed by atoms with E-state index in [9.17, 15) is 0 Å². The molecule has 0 spiro atoms. The van der Waals surface area contributed by atoms with E-state index in [2.05, 4.69) is 117 Å². The van der Waals surface area contributed by atoms with E-state index in [1.54, 1.807) is 0 Å². The fourth-order valence-corrected chi connectivity index (χ4v) is 6.97. The fraction of sp³-hybridized carbons (Fsp3) is 0.0750. The highest BCUT2D eigenvalue weighted by molar-refractivity contribution is 6.11. The van der Waals surface area contributed by atoms with Gasteiger partial charge in [0.05, 0.1) is 28.6 Å². The molecule has 2 aromatic heterocycles. The van der Waals surface area contributed by atoms with Gasteiger partial charge in [-0.3, -0.25) is 0 Å². The molecule has 0 fully saturated rings. The first kappa shape index (κ1) is 25.5. The van der Waals surface area contributed by atoms with Crippen LogP contribution in [0.5, 0.6) is 11.5 Å². The Hall–Kier alpha value is -5.99. The molecule has 1 aliphatic rings. The van der Waals surface area contributed by atoms with Crippen molar-refractivity contribution in [1.82, 2.24) is 9.13 Å². The third kappa shape index (κ3) is 3.79. The molecule has 3 heterocycles. The van der Waals surface area contributed by atoms with E-state index < -0.39 is 5.79 Å². The molecule has 1 aliphatic heterocycles. The Labute approximate surface area is 259 Å². The third-order valence-corrected chi connectivity index (χ3v) is 8.81. The van der Waals surface area contributed by atoms with Crippen LogP contribution in [-0.4, -0.2) is 14.9 Å². The summed E-state index contributed by atoms with van der Waals surface area (Å²) in [5.41, 5.74) is 9.06. The third-order valence-electron chi connectivity index (χ3n) is 8.81. The van der Waals surface area contributed by atoms with Gasteiger partial charge >= 0.3 is 0 Å². The van der Waals surface area contributed by atoms with Gasteiger partial charge in [0.25, 0.3) is 0 Å². The number of aromatic nitrogens is 2. The van der Waals surface area contributed by atoms with Crippen LogP contribution in [0.2, 0.25) is 0 Å². The Kier molecular flexibility index (Phi) is 5.24. The smallest absolute Gasteiger partial charge is 0.245 e. The van der Waals surface area contributed by atoms with E-state index in [-0.39, 0.29) is 0 Å². The first-order valence-corrected chi connectivity index (χ1v) is 15.1. The monoisotopic (exact) mass is 581 g/mol. The van der Waals surface area contributed by atoms with E-state index in [0.29, 0.717) is 5.69 Å². The highest BCUT2D eigenvalue weighted by Gasteiger charge is 2.30. The highest BCUT2D eigenvalue weighted by atomic mass is 16.7. The molecule has 9 rings (SSSR count). The van der Waals surface area contributed by atoms with Crippen LogP contribution >= 0.6 is 0 Å². The number of rotatable bonds is 2. The van der Waals surface area contributed by atoms with Crippen molar-refractivity contribution >= 4 is 49.3 Å². The van der Waals surface area contributed by atoms with Gasteiger partial charge in [0.2, 0.25) is 5.79 Å². The van der Waals surface area contributed by atoms with Crippen molar-refractivity contribution in [2.45, 2.75) is 19.6 Å². The summed E-state index contributed by atoms with van der Waals surface area (Å²) in [7, 11) is 0. The molecule has 214 valence electrons. The summed E-state index contributed by atoms with van der Waals surface area (Å²) in [5.74, 6) is 0.636. The van der Waals surface area contributed by atoms with Crippen molar-refractivity contribution in [3.8, 4) is 34.0 Å². The molecule has 5 heteroatoms. The normalized spacial score (nSPS) is 13.6. The van der Waals surface area contributed by atoms with Crippen molar-refractivity contribution < 1.29 is 9.47 Å². The van der Waals surface area contributed by atoms with Crippen LogP contribution in [0.1, 0.15) is 13.8 Å². The van der Waals surface area contributed by atoms with Gasteiger partial charge in [-0.2, -0.15) is 0 Å². The Morgan fingerprint density at radius 2 is 1.04 bits per heavy atom. The van der Waals surface area contributed by atoms with E-state index in [4.69, 9.17) is 16.0 Å². The minimum atomic E-state index is -0.891. The van der Waals surface area contributed by atoms with E-state index in [0.717, 1.165) is 66.8 Å². The lowest BCUT2D eigenvalue weighted by Gasteiger charge is -2.26. The average molecular weight is 582 g/mol. The second-order valence-electron chi connectivity index (χ2n) is 12.0. The Bertz CT molecular complexity index is 2490. The molecule has 45 heavy (non-hydrogen) atoms. The van der Waals surface area contributed by atoms with Crippen LogP contribution in [0.3, 0.4) is 0 Å². The standard InChI is InChI=1S/C40H27N3O2/c1-40(2)44-38-21-18-26(42-34-13-7-4-10-28(34)29-11-5-8-14-35(29)42)23-33(38)31-19-17-27(24-39(31)45-40)43-36-15-9-6-12-30(36)32-22-25(41-3)16-20-37(32)43/h4-24H,1-2H3. The number of hydrogen-bond donors (Lipinski definition) is 0. The maximum absolute atomic E-state index is 7.55. The zero-order valence-corrected chi connectivity index (χ0v) is 24.8. The lowest BCUT2D eigenvalue weighted by atomic mass is 10.0. The van der Waals surface area contributed by atoms with E-state index in [1.807, 2.05) is 38.1 Å². The van der Waals surface area contributed by atoms with Crippen LogP contribution in [0, 0.1) is 6.57 Å². The topological polar surface area (TPSA) is 32.7 Å². The predicted octanol–water partition coefficient (Wildman–Crippen LogP) is 10.6. The molecule has 0 atom stereocenters.